The van der Waals surface area contributed by atoms with Gasteiger partial charge in [0.2, 0.25) is 0 Å². The lowest BCUT2D eigenvalue weighted by Gasteiger charge is -1.91. The highest BCUT2D eigenvalue weighted by molar-refractivity contribution is 7.10. The van der Waals surface area contributed by atoms with Crippen LogP contribution in [-0.4, -0.2) is 25.8 Å². The van der Waals surface area contributed by atoms with Crippen LogP contribution in [0.2, 0.25) is 0 Å². The Labute approximate surface area is 96.4 Å². The second-order valence-corrected chi connectivity index (χ2v) is 4.44. The van der Waals surface area contributed by atoms with Gasteiger partial charge in [-0.2, -0.15) is 5.10 Å². The molecule has 0 unspecified atom stereocenters. The van der Waals surface area contributed by atoms with Crippen molar-refractivity contribution in [1.82, 2.24) is 14.8 Å². The number of carbonyl (C=O) groups is 1. The van der Waals surface area contributed by atoms with E-state index in [4.69, 9.17) is 5.11 Å². The maximum absolute atomic E-state index is 10.5. The molecule has 0 saturated carbocycles. The van der Waals surface area contributed by atoms with E-state index in [-0.39, 0.29) is 6.42 Å². The third kappa shape index (κ3) is 2.11. The Morgan fingerprint density at radius 3 is 2.94 bits per heavy atom. The molecule has 84 valence electrons. The average molecular weight is 237 g/mol. The summed E-state index contributed by atoms with van der Waals surface area (Å²) in [5.74, 6) is -0.858. The highest BCUT2D eigenvalue weighted by atomic mass is 32.1. The van der Waals surface area contributed by atoms with E-state index >= 15 is 0 Å². The van der Waals surface area contributed by atoms with Crippen LogP contribution in [0.25, 0.3) is 11.3 Å². The van der Waals surface area contributed by atoms with Crippen LogP contribution in [0.15, 0.2) is 11.6 Å². The predicted molar refractivity (Wildman–Crippen MR) is 60.4 cm³/mol. The Morgan fingerprint density at radius 2 is 2.38 bits per heavy atom. The summed E-state index contributed by atoms with van der Waals surface area (Å²) in [6, 6.07) is 0. The Balaban J connectivity index is 2.31. The molecule has 16 heavy (non-hydrogen) atoms. The van der Waals surface area contributed by atoms with Gasteiger partial charge in [0, 0.05) is 24.2 Å². The van der Waals surface area contributed by atoms with Crippen LogP contribution in [0, 0.1) is 6.92 Å². The van der Waals surface area contributed by atoms with Gasteiger partial charge in [-0.1, -0.05) is 0 Å². The molecule has 0 spiro atoms. The third-order valence-corrected chi connectivity index (χ3v) is 2.99. The fourth-order valence-electron chi connectivity index (χ4n) is 1.50. The van der Waals surface area contributed by atoms with Gasteiger partial charge in [0.05, 0.1) is 17.8 Å². The zero-order chi connectivity index (χ0) is 11.7. The summed E-state index contributed by atoms with van der Waals surface area (Å²) in [4.78, 5) is 14.8. The van der Waals surface area contributed by atoms with Crippen LogP contribution < -0.4 is 0 Å². The average Bonchev–Trinajstić information content (AvgIpc) is 2.72. The van der Waals surface area contributed by atoms with Gasteiger partial charge in [-0.15, -0.1) is 11.3 Å². The molecular formula is C10H11N3O2S. The topological polar surface area (TPSA) is 68.0 Å². The van der Waals surface area contributed by atoms with Gasteiger partial charge in [0.25, 0.3) is 0 Å². The fourth-order valence-corrected chi connectivity index (χ4v) is 2.28. The quantitative estimate of drug-likeness (QED) is 0.878. The molecule has 2 rings (SSSR count). The van der Waals surface area contributed by atoms with Crippen molar-refractivity contribution in [3.05, 3.63) is 22.3 Å². The molecule has 2 heterocycles. The van der Waals surface area contributed by atoms with Gasteiger partial charge in [0.1, 0.15) is 5.01 Å². The van der Waals surface area contributed by atoms with E-state index in [0.29, 0.717) is 5.01 Å². The maximum Gasteiger partial charge on any atom is 0.310 e. The minimum Gasteiger partial charge on any atom is -0.481 e. The molecule has 5 nitrogen and oxygen atoms in total. The molecule has 0 amide bonds. The Kier molecular flexibility index (Phi) is 2.74. The van der Waals surface area contributed by atoms with Crippen molar-refractivity contribution in [2.75, 3.05) is 0 Å². The van der Waals surface area contributed by atoms with Gasteiger partial charge in [0.15, 0.2) is 0 Å². The number of aliphatic carboxylic acids is 1. The molecule has 0 aliphatic carbocycles. The van der Waals surface area contributed by atoms with Crippen molar-refractivity contribution >= 4 is 17.3 Å². The first-order chi connectivity index (χ1) is 7.56. The summed E-state index contributed by atoms with van der Waals surface area (Å²) in [6.07, 6.45) is 1.86. The molecule has 1 N–H and O–H groups in total. The molecule has 2 aromatic heterocycles. The van der Waals surface area contributed by atoms with E-state index < -0.39 is 5.97 Å². The number of hydrogen-bond acceptors (Lipinski definition) is 4. The van der Waals surface area contributed by atoms with Gasteiger partial charge in [-0.3, -0.25) is 9.48 Å². The van der Waals surface area contributed by atoms with Gasteiger partial charge in [-0.05, 0) is 6.92 Å². The largest absolute Gasteiger partial charge is 0.481 e. The second-order valence-electron chi connectivity index (χ2n) is 3.50. The van der Waals surface area contributed by atoms with Gasteiger partial charge >= 0.3 is 5.97 Å². The number of carboxylic acids is 1. The van der Waals surface area contributed by atoms with E-state index in [1.54, 1.807) is 4.68 Å². The summed E-state index contributed by atoms with van der Waals surface area (Å²) in [5.41, 5.74) is 2.65. The van der Waals surface area contributed by atoms with E-state index in [2.05, 4.69) is 10.1 Å². The lowest BCUT2D eigenvalue weighted by atomic mass is 10.2. The zero-order valence-electron chi connectivity index (χ0n) is 8.97. The highest BCUT2D eigenvalue weighted by Gasteiger charge is 2.11. The normalized spacial score (nSPS) is 10.6. The van der Waals surface area contributed by atoms with Crippen LogP contribution in [0.3, 0.4) is 0 Å². The molecular weight excluding hydrogens is 226 g/mol. The molecule has 6 heteroatoms. The molecule has 0 aliphatic heterocycles. The van der Waals surface area contributed by atoms with Crippen LogP contribution in [-0.2, 0) is 18.3 Å². The molecule has 0 atom stereocenters. The van der Waals surface area contributed by atoms with Crippen molar-refractivity contribution in [1.29, 1.82) is 0 Å². The maximum atomic E-state index is 10.5. The Morgan fingerprint density at radius 1 is 1.62 bits per heavy atom. The minimum atomic E-state index is -0.858. The highest BCUT2D eigenvalue weighted by Crippen LogP contribution is 2.24. The monoisotopic (exact) mass is 237 g/mol. The Hall–Kier alpha value is -1.69. The first-order valence-corrected chi connectivity index (χ1v) is 5.61. The summed E-state index contributed by atoms with van der Waals surface area (Å²) in [6.45, 7) is 1.91. The number of carboxylic acid groups (broad SMARTS) is 1. The second kappa shape index (κ2) is 4.05. The van der Waals surface area contributed by atoms with Crippen molar-refractivity contribution in [3.8, 4) is 11.3 Å². The van der Waals surface area contributed by atoms with E-state index in [9.17, 15) is 4.79 Å². The van der Waals surface area contributed by atoms with Crippen molar-refractivity contribution in [3.63, 3.8) is 0 Å². The standard InChI is InChI=1S/C10H11N3O2S/c1-6-7(4-13(2)12-6)8-5-16-9(11-8)3-10(14)15/h4-5H,3H2,1-2H3,(H,14,15). The van der Waals surface area contributed by atoms with Crippen LogP contribution in [0.4, 0.5) is 0 Å². The van der Waals surface area contributed by atoms with Crippen LogP contribution >= 0.6 is 11.3 Å². The number of rotatable bonds is 3. The molecule has 0 bridgehead atoms. The summed E-state index contributed by atoms with van der Waals surface area (Å²) >= 11 is 1.36. The molecule has 0 aliphatic rings. The van der Waals surface area contributed by atoms with E-state index in [0.717, 1.165) is 17.0 Å². The van der Waals surface area contributed by atoms with E-state index in [1.165, 1.54) is 11.3 Å². The molecule has 0 radical (unpaired) electrons. The van der Waals surface area contributed by atoms with Crippen LogP contribution in [0.5, 0.6) is 0 Å². The molecule has 0 aromatic carbocycles. The van der Waals surface area contributed by atoms with Gasteiger partial charge in [-0.25, -0.2) is 4.98 Å². The first kappa shape index (κ1) is 10.8. The number of aromatic nitrogens is 3. The van der Waals surface area contributed by atoms with Crippen molar-refractivity contribution in [2.24, 2.45) is 7.05 Å². The lowest BCUT2D eigenvalue weighted by Crippen LogP contribution is -1.99. The van der Waals surface area contributed by atoms with Gasteiger partial charge < -0.3 is 5.11 Å². The number of nitrogens with zero attached hydrogens (tertiary/aromatic N) is 3. The summed E-state index contributed by atoms with van der Waals surface area (Å²) < 4.78 is 1.72. The van der Waals surface area contributed by atoms with Crippen molar-refractivity contribution in [2.45, 2.75) is 13.3 Å². The van der Waals surface area contributed by atoms with Crippen molar-refractivity contribution < 1.29 is 9.90 Å². The molecule has 0 saturated heterocycles. The molecule has 0 fully saturated rings. The Bertz CT molecular complexity index is 530. The van der Waals surface area contributed by atoms with Crippen LogP contribution in [0.1, 0.15) is 10.7 Å². The SMILES string of the molecule is Cc1nn(C)cc1-c1csc(CC(=O)O)n1. The lowest BCUT2D eigenvalue weighted by molar-refractivity contribution is -0.136. The smallest absolute Gasteiger partial charge is 0.310 e. The fraction of sp³-hybridized carbons (Fsp3) is 0.300. The molecule has 2 aromatic rings. The summed E-state index contributed by atoms with van der Waals surface area (Å²) in [7, 11) is 1.85. The number of aryl methyl sites for hydroxylation is 2. The minimum absolute atomic E-state index is 0.0238. The number of hydrogen-bond donors (Lipinski definition) is 1. The predicted octanol–water partition coefficient (Wildman–Crippen LogP) is 1.48. The summed E-state index contributed by atoms with van der Waals surface area (Å²) in [5, 5.41) is 15.4. The van der Waals surface area contributed by atoms with E-state index in [1.807, 2.05) is 25.5 Å². The number of thiazole rings is 1. The first-order valence-electron chi connectivity index (χ1n) is 4.73. The zero-order valence-corrected chi connectivity index (χ0v) is 9.78. The third-order valence-electron chi connectivity index (χ3n) is 2.14.